The second kappa shape index (κ2) is 8.61. The molecule has 0 amide bonds. The Labute approximate surface area is 203 Å². The Morgan fingerprint density at radius 3 is 2.26 bits per heavy atom. The number of hydrogen-bond donors (Lipinski definition) is 1. The number of ketones is 1. The molecule has 5 rings (SSSR count). The zero-order valence-electron chi connectivity index (χ0n) is 20.0. The first-order valence-corrected chi connectivity index (χ1v) is 11.7. The Morgan fingerprint density at radius 1 is 0.914 bits per heavy atom. The Kier molecular flexibility index (Phi) is 5.59. The number of nitrogens with zero attached hydrogens (tertiary/aromatic N) is 5. The van der Waals surface area contributed by atoms with Gasteiger partial charge in [-0.1, -0.05) is 62.4 Å². The van der Waals surface area contributed by atoms with Crippen LogP contribution < -0.4 is 4.90 Å². The van der Waals surface area contributed by atoms with Gasteiger partial charge in [-0.05, 0) is 42.4 Å². The van der Waals surface area contributed by atoms with Gasteiger partial charge in [0.05, 0.1) is 11.3 Å². The molecule has 0 bridgehead atoms. The van der Waals surface area contributed by atoms with Gasteiger partial charge in [0, 0.05) is 18.7 Å². The first-order valence-electron chi connectivity index (χ1n) is 11.7. The van der Waals surface area contributed by atoms with E-state index in [9.17, 15) is 14.7 Å². The number of fused-ring (bicyclic) bond motifs is 1. The maximum atomic E-state index is 12.8. The molecule has 35 heavy (non-hydrogen) atoms. The van der Waals surface area contributed by atoms with E-state index in [1.807, 2.05) is 59.5 Å². The molecule has 8 heteroatoms. The van der Waals surface area contributed by atoms with Crippen LogP contribution in [0.25, 0.3) is 28.3 Å². The summed E-state index contributed by atoms with van der Waals surface area (Å²) >= 11 is 0. The largest absolute Gasteiger partial charge is 0.475 e. The maximum absolute atomic E-state index is 12.8. The molecule has 0 radical (unpaired) electrons. The second-order valence-electron chi connectivity index (χ2n) is 9.78. The van der Waals surface area contributed by atoms with Crippen molar-refractivity contribution < 1.29 is 14.7 Å². The van der Waals surface area contributed by atoms with Crippen molar-refractivity contribution in [3.63, 3.8) is 0 Å². The standard InChI is InChI=1S/C27H27N5O3/c1-17-21(22(33)25(34)35)24(31-14-12-27(2,3)13-15-31)32-26(28-17)29-23(30-32)20-11-7-10-19(16-20)18-8-5-4-6-9-18/h4-11,16H,12-15H2,1-3H3,(H,34,35). The molecule has 2 aromatic carbocycles. The second-order valence-corrected chi connectivity index (χ2v) is 9.78. The molecule has 1 saturated heterocycles. The SMILES string of the molecule is Cc1nc2nc(-c3cccc(-c4ccccc4)c3)nn2c(N2CCC(C)(C)CC2)c1C(=O)C(=O)O. The van der Waals surface area contributed by atoms with Crippen molar-refractivity contribution in [3.8, 4) is 22.5 Å². The lowest BCUT2D eigenvalue weighted by atomic mass is 9.82. The molecule has 3 heterocycles. The molecule has 0 aliphatic carbocycles. The molecule has 178 valence electrons. The van der Waals surface area contributed by atoms with Gasteiger partial charge in [0.25, 0.3) is 11.6 Å². The Bertz CT molecular complexity index is 1430. The van der Waals surface area contributed by atoms with Crippen LogP contribution in [0, 0.1) is 12.3 Å². The molecule has 0 saturated carbocycles. The maximum Gasteiger partial charge on any atom is 0.377 e. The minimum Gasteiger partial charge on any atom is -0.475 e. The average molecular weight is 470 g/mol. The van der Waals surface area contributed by atoms with E-state index in [1.165, 1.54) is 4.52 Å². The van der Waals surface area contributed by atoms with Crippen molar-refractivity contribution in [3.05, 3.63) is 65.9 Å². The van der Waals surface area contributed by atoms with Crippen LogP contribution in [0.1, 0.15) is 42.7 Å². The number of benzene rings is 2. The monoisotopic (exact) mass is 469 g/mol. The van der Waals surface area contributed by atoms with E-state index >= 15 is 0 Å². The van der Waals surface area contributed by atoms with Crippen molar-refractivity contribution in [1.82, 2.24) is 19.6 Å². The number of aliphatic carboxylic acids is 1. The fourth-order valence-corrected chi connectivity index (χ4v) is 4.57. The summed E-state index contributed by atoms with van der Waals surface area (Å²) in [4.78, 5) is 35.6. The van der Waals surface area contributed by atoms with E-state index in [2.05, 4.69) is 23.8 Å². The van der Waals surface area contributed by atoms with Gasteiger partial charge in [0.2, 0.25) is 0 Å². The zero-order valence-corrected chi connectivity index (χ0v) is 20.0. The summed E-state index contributed by atoms with van der Waals surface area (Å²) in [5.41, 5.74) is 3.51. The summed E-state index contributed by atoms with van der Waals surface area (Å²) in [6.07, 6.45) is 1.83. The molecule has 0 spiro atoms. The number of carbonyl (C=O) groups excluding carboxylic acids is 1. The van der Waals surface area contributed by atoms with Crippen LogP contribution in [-0.2, 0) is 4.79 Å². The smallest absolute Gasteiger partial charge is 0.377 e. The molecule has 1 N–H and O–H groups in total. The minimum absolute atomic E-state index is 0.0687. The third-order valence-corrected chi connectivity index (χ3v) is 6.71. The lowest BCUT2D eigenvalue weighted by Gasteiger charge is -2.38. The number of carboxylic acid groups (broad SMARTS) is 1. The van der Waals surface area contributed by atoms with E-state index in [-0.39, 0.29) is 11.0 Å². The third kappa shape index (κ3) is 4.27. The first kappa shape index (κ1) is 22.7. The predicted molar refractivity (Wildman–Crippen MR) is 134 cm³/mol. The van der Waals surface area contributed by atoms with Crippen molar-refractivity contribution >= 4 is 23.3 Å². The number of Topliss-reactive ketones (excluding diaryl/α,β-unsaturated/α-hetero) is 1. The lowest BCUT2D eigenvalue weighted by Crippen LogP contribution is -2.40. The average Bonchev–Trinajstić information content (AvgIpc) is 3.27. The van der Waals surface area contributed by atoms with Gasteiger partial charge in [0.1, 0.15) is 5.82 Å². The Hall–Kier alpha value is -4.07. The highest BCUT2D eigenvalue weighted by Gasteiger charge is 2.33. The summed E-state index contributed by atoms with van der Waals surface area (Å²) in [5, 5.41) is 14.2. The van der Waals surface area contributed by atoms with Crippen LogP contribution in [0.15, 0.2) is 54.6 Å². The predicted octanol–water partition coefficient (Wildman–Crippen LogP) is 4.66. The van der Waals surface area contributed by atoms with Gasteiger partial charge in [0.15, 0.2) is 5.82 Å². The molecule has 4 aromatic rings. The van der Waals surface area contributed by atoms with E-state index in [0.717, 1.165) is 29.5 Å². The van der Waals surface area contributed by atoms with Gasteiger partial charge in [-0.2, -0.15) is 9.50 Å². The first-order chi connectivity index (χ1) is 16.7. The van der Waals surface area contributed by atoms with Crippen molar-refractivity contribution in [2.24, 2.45) is 5.41 Å². The Balaban J connectivity index is 1.66. The van der Waals surface area contributed by atoms with Crippen LogP contribution in [0.2, 0.25) is 0 Å². The molecule has 8 nitrogen and oxygen atoms in total. The molecule has 2 aromatic heterocycles. The highest BCUT2D eigenvalue weighted by atomic mass is 16.4. The highest BCUT2D eigenvalue weighted by Crippen LogP contribution is 2.35. The van der Waals surface area contributed by atoms with E-state index in [4.69, 9.17) is 5.10 Å². The number of aryl methyl sites for hydroxylation is 1. The van der Waals surface area contributed by atoms with Crippen LogP contribution >= 0.6 is 0 Å². The Morgan fingerprint density at radius 2 is 1.57 bits per heavy atom. The lowest BCUT2D eigenvalue weighted by molar-refractivity contribution is -0.131. The zero-order chi connectivity index (χ0) is 24.7. The summed E-state index contributed by atoms with van der Waals surface area (Å²) in [5.74, 6) is -1.24. The summed E-state index contributed by atoms with van der Waals surface area (Å²) in [6, 6.07) is 18.0. The minimum atomic E-state index is -1.51. The number of rotatable bonds is 5. The van der Waals surface area contributed by atoms with Crippen molar-refractivity contribution in [2.45, 2.75) is 33.6 Å². The molecule has 0 unspecified atom stereocenters. The van der Waals surface area contributed by atoms with Gasteiger partial charge in [-0.15, -0.1) is 5.10 Å². The molecule has 1 fully saturated rings. The van der Waals surface area contributed by atoms with Gasteiger partial charge in [-0.25, -0.2) is 9.78 Å². The van der Waals surface area contributed by atoms with E-state index in [0.29, 0.717) is 36.2 Å². The molecular weight excluding hydrogens is 442 g/mol. The van der Waals surface area contributed by atoms with Crippen molar-refractivity contribution in [1.29, 1.82) is 0 Å². The van der Waals surface area contributed by atoms with Gasteiger partial charge >= 0.3 is 5.97 Å². The number of aromatic nitrogens is 4. The third-order valence-electron chi connectivity index (χ3n) is 6.71. The topological polar surface area (TPSA) is 101 Å². The normalized spacial score (nSPS) is 15.3. The van der Waals surface area contributed by atoms with Crippen LogP contribution in [0.3, 0.4) is 0 Å². The summed E-state index contributed by atoms with van der Waals surface area (Å²) < 4.78 is 1.53. The number of carbonyl (C=O) groups is 2. The van der Waals surface area contributed by atoms with E-state index in [1.54, 1.807) is 6.92 Å². The number of anilines is 1. The summed E-state index contributed by atoms with van der Waals surface area (Å²) in [6.45, 7) is 7.45. The fraction of sp³-hybridized carbons (Fsp3) is 0.296. The van der Waals surface area contributed by atoms with Crippen LogP contribution in [0.5, 0.6) is 0 Å². The number of piperidine rings is 1. The molecule has 0 atom stereocenters. The molecular formula is C27H27N5O3. The summed E-state index contributed by atoms with van der Waals surface area (Å²) in [7, 11) is 0. The van der Waals surface area contributed by atoms with Crippen LogP contribution in [-0.4, -0.2) is 49.5 Å². The van der Waals surface area contributed by atoms with Crippen LogP contribution in [0.4, 0.5) is 5.82 Å². The van der Waals surface area contributed by atoms with Gasteiger partial charge in [-0.3, -0.25) is 4.79 Å². The molecule has 1 aliphatic heterocycles. The molecule has 1 aliphatic rings. The van der Waals surface area contributed by atoms with Gasteiger partial charge < -0.3 is 10.0 Å². The highest BCUT2D eigenvalue weighted by molar-refractivity contribution is 6.41. The fourth-order valence-electron chi connectivity index (χ4n) is 4.57. The van der Waals surface area contributed by atoms with Crippen molar-refractivity contribution in [2.75, 3.05) is 18.0 Å². The number of hydrogen-bond acceptors (Lipinski definition) is 6. The quantitative estimate of drug-likeness (QED) is 0.335. The number of carboxylic acids is 1. The van der Waals surface area contributed by atoms with E-state index < -0.39 is 11.8 Å².